The Balaban J connectivity index is 1.97. The van der Waals surface area contributed by atoms with Gasteiger partial charge in [-0.3, -0.25) is 4.79 Å². The quantitative estimate of drug-likeness (QED) is 0.766. The normalized spacial score (nSPS) is 21.9. The van der Waals surface area contributed by atoms with Crippen LogP contribution in [0.3, 0.4) is 0 Å². The molecule has 0 spiro atoms. The van der Waals surface area contributed by atoms with Gasteiger partial charge in [-0.1, -0.05) is 0 Å². The molecule has 14 heavy (non-hydrogen) atoms. The topological polar surface area (TPSA) is 45.5 Å². The molecular formula is C10H14N2O2. The van der Waals surface area contributed by atoms with Gasteiger partial charge in [-0.05, 0) is 19.5 Å². The minimum Gasteiger partial charge on any atom is -0.472 e. The van der Waals surface area contributed by atoms with E-state index in [1.54, 1.807) is 12.5 Å². The Bertz CT molecular complexity index is 308. The van der Waals surface area contributed by atoms with Crippen molar-refractivity contribution in [3.05, 3.63) is 24.2 Å². The molecule has 1 saturated heterocycles. The van der Waals surface area contributed by atoms with E-state index < -0.39 is 0 Å². The van der Waals surface area contributed by atoms with Crippen LogP contribution in [0.1, 0.15) is 12.0 Å². The van der Waals surface area contributed by atoms with Crippen LogP contribution in [0.25, 0.3) is 0 Å². The second-order valence-electron chi connectivity index (χ2n) is 3.52. The first-order chi connectivity index (χ1) is 6.81. The van der Waals surface area contributed by atoms with Crippen molar-refractivity contribution in [3.8, 4) is 0 Å². The van der Waals surface area contributed by atoms with E-state index in [9.17, 15) is 4.79 Å². The Labute approximate surface area is 82.9 Å². The molecule has 1 fully saturated rings. The van der Waals surface area contributed by atoms with Crippen molar-refractivity contribution in [2.45, 2.75) is 19.0 Å². The largest absolute Gasteiger partial charge is 0.472 e. The number of likely N-dealkylation sites (tertiary alicyclic amines) is 1. The molecule has 0 aliphatic carbocycles. The zero-order chi connectivity index (χ0) is 9.97. The van der Waals surface area contributed by atoms with Gasteiger partial charge in [-0.2, -0.15) is 0 Å². The summed E-state index contributed by atoms with van der Waals surface area (Å²) in [5, 5.41) is 3.01. The zero-order valence-electron chi connectivity index (χ0n) is 8.19. The van der Waals surface area contributed by atoms with Gasteiger partial charge in [0.25, 0.3) is 0 Å². The maximum Gasteiger partial charge on any atom is 0.240 e. The average molecular weight is 194 g/mol. The molecule has 1 aliphatic heterocycles. The van der Waals surface area contributed by atoms with Crippen LogP contribution < -0.4 is 5.32 Å². The summed E-state index contributed by atoms with van der Waals surface area (Å²) in [6, 6.07) is 1.89. The maximum absolute atomic E-state index is 11.7. The number of hydrogen-bond acceptors (Lipinski definition) is 3. The van der Waals surface area contributed by atoms with Crippen LogP contribution in [0, 0.1) is 0 Å². The fourth-order valence-electron chi connectivity index (χ4n) is 1.77. The van der Waals surface area contributed by atoms with Crippen LogP contribution in [0.15, 0.2) is 23.0 Å². The summed E-state index contributed by atoms with van der Waals surface area (Å²) in [7, 11) is 1.82. The minimum absolute atomic E-state index is 0.00176. The summed E-state index contributed by atoms with van der Waals surface area (Å²) in [6.07, 6.45) is 4.21. The van der Waals surface area contributed by atoms with Gasteiger partial charge in [0.2, 0.25) is 5.91 Å². The van der Waals surface area contributed by atoms with Crippen molar-refractivity contribution in [3.63, 3.8) is 0 Å². The number of carbonyl (C=O) groups excluding carboxylic acids is 1. The molecule has 76 valence electrons. The highest BCUT2D eigenvalue weighted by Gasteiger charge is 2.29. The molecular weight excluding hydrogens is 180 g/mol. The lowest BCUT2D eigenvalue weighted by Crippen LogP contribution is -2.35. The molecule has 2 heterocycles. The van der Waals surface area contributed by atoms with Gasteiger partial charge in [0.1, 0.15) is 0 Å². The Hall–Kier alpha value is -1.29. The molecule has 4 heteroatoms. The van der Waals surface area contributed by atoms with Crippen molar-refractivity contribution in [1.82, 2.24) is 10.2 Å². The third-order valence-corrected chi connectivity index (χ3v) is 2.60. The molecule has 4 nitrogen and oxygen atoms in total. The molecule has 0 aromatic carbocycles. The molecule has 0 bridgehead atoms. The molecule has 0 saturated carbocycles. The van der Waals surface area contributed by atoms with Gasteiger partial charge < -0.3 is 14.6 Å². The van der Waals surface area contributed by atoms with Gasteiger partial charge in [-0.25, -0.2) is 0 Å². The fourth-order valence-corrected chi connectivity index (χ4v) is 1.77. The first-order valence-electron chi connectivity index (χ1n) is 4.78. The number of nitrogens with one attached hydrogen (secondary N) is 1. The van der Waals surface area contributed by atoms with Crippen molar-refractivity contribution < 1.29 is 9.21 Å². The van der Waals surface area contributed by atoms with E-state index in [2.05, 4.69) is 5.32 Å². The lowest BCUT2D eigenvalue weighted by atomic mass is 10.2. The van der Waals surface area contributed by atoms with E-state index in [1.807, 2.05) is 18.0 Å². The molecule has 1 unspecified atom stereocenters. The molecule has 1 aliphatic rings. The average Bonchev–Trinajstić information content (AvgIpc) is 2.79. The Morgan fingerprint density at radius 2 is 2.57 bits per heavy atom. The second-order valence-corrected chi connectivity index (χ2v) is 3.52. The monoisotopic (exact) mass is 194 g/mol. The number of furan rings is 1. The Morgan fingerprint density at radius 3 is 3.14 bits per heavy atom. The summed E-state index contributed by atoms with van der Waals surface area (Å²) in [6.45, 7) is 1.49. The number of carbonyl (C=O) groups is 1. The molecule has 1 atom stereocenters. The smallest absolute Gasteiger partial charge is 0.240 e. The predicted octanol–water partition coefficient (Wildman–Crippen LogP) is 0.600. The van der Waals surface area contributed by atoms with Crippen molar-refractivity contribution in [2.24, 2.45) is 0 Å². The van der Waals surface area contributed by atoms with Gasteiger partial charge >= 0.3 is 0 Å². The Kier molecular flexibility index (Phi) is 2.54. The standard InChI is InChI=1S/C10H14N2O2/c1-11-9-2-4-12(10(9)13)6-8-3-5-14-7-8/h3,5,7,9,11H,2,4,6H2,1H3. The second kappa shape index (κ2) is 3.84. The Morgan fingerprint density at radius 1 is 1.71 bits per heavy atom. The van der Waals surface area contributed by atoms with Crippen molar-refractivity contribution in [1.29, 1.82) is 0 Å². The van der Waals surface area contributed by atoms with Crippen LogP contribution in [-0.2, 0) is 11.3 Å². The lowest BCUT2D eigenvalue weighted by Gasteiger charge is -2.15. The lowest BCUT2D eigenvalue weighted by molar-refractivity contribution is -0.129. The van der Waals surface area contributed by atoms with E-state index >= 15 is 0 Å². The highest BCUT2D eigenvalue weighted by molar-refractivity contribution is 5.83. The third kappa shape index (κ3) is 1.65. The highest BCUT2D eigenvalue weighted by Crippen LogP contribution is 2.14. The summed E-state index contributed by atoms with van der Waals surface area (Å²) in [4.78, 5) is 13.5. The summed E-state index contributed by atoms with van der Waals surface area (Å²) >= 11 is 0. The maximum atomic E-state index is 11.7. The first kappa shape index (κ1) is 9.27. The summed E-state index contributed by atoms with van der Waals surface area (Å²) < 4.78 is 4.96. The van der Waals surface area contributed by atoms with Crippen molar-refractivity contribution in [2.75, 3.05) is 13.6 Å². The SMILES string of the molecule is CNC1CCN(Cc2ccoc2)C1=O. The number of amides is 1. The van der Waals surface area contributed by atoms with Gasteiger partial charge in [-0.15, -0.1) is 0 Å². The van der Waals surface area contributed by atoms with E-state index in [0.29, 0.717) is 6.54 Å². The number of rotatable bonds is 3. The minimum atomic E-state index is 0.00176. The van der Waals surface area contributed by atoms with Gasteiger partial charge in [0.15, 0.2) is 0 Å². The van der Waals surface area contributed by atoms with Crippen LogP contribution in [0.2, 0.25) is 0 Å². The molecule has 2 rings (SSSR count). The third-order valence-electron chi connectivity index (χ3n) is 2.60. The van der Waals surface area contributed by atoms with Gasteiger partial charge in [0, 0.05) is 18.7 Å². The number of likely N-dealkylation sites (N-methyl/N-ethyl adjacent to an activating group) is 1. The molecule has 1 amide bonds. The fraction of sp³-hybridized carbons (Fsp3) is 0.500. The highest BCUT2D eigenvalue weighted by atomic mass is 16.3. The number of nitrogens with zero attached hydrogens (tertiary/aromatic N) is 1. The van der Waals surface area contributed by atoms with Crippen LogP contribution in [0.4, 0.5) is 0 Å². The van der Waals surface area contributed by atoms with Crippen LogP contribution in [0.5, 0.6) is 0 Å². The number of hydrogen-bond donors (Lipinski definition) is 1. The van der Waals surface area contributed by atoms with Crippen molar-refractivity contribution >= 4 is 5.91 Å². The van der Waals surface area contributed by atoms with E-state index in [0.717, 1.165) is 18.5 Å². The van der Waals surface area contributed by atoms with E-state index in [1.165, 1.54) is 0 Å². The zero-order valence-corrected chi connectivity index (χ0v) is 8.19. The first-order valence-corrected chi connectivity index (χ1v) is 4.78. The van der Waals surface area contributed by atoms with E-state index in [4.69, 9.17) is 4.42 Å². The molecule has 1 N–H and O–H groups in total. The molecule has 1 aromatic rings. The molecule has 1 aromatic heterocycles. The van der Waals surface area contributed by atoms with Gasteiger partial charge in [0.05, 0.1) is 18.6 Å². The summed E-state index contributed by atoms with van der Waals surface area (Å²) in [5.41, 5.74) is 1.05. The van der Waals surface area contributed by atoms with E-state index in [-0.39, 0.29) is 11.9 Å². The summed E-state index contributed by atoms with van der Waals surface area (Å²) in [5.74, 6) is 0.189. The van der Waals surface area contributed by atoms with Crippen LogP contribution >= 0.6 is 0 Å². The predicted molar refractivity (Wildman–Crippen MR) is 51.6 cm³/mol. The van der Waals surface area contributed by atoms with Crippen LogP contribution in [-0.4, -0.2) is 30.4 Å². The molecule has 0 radical (unpaired) electrons.